The van der Waals surface area contributed by atoms with E-state index in [2.05, 4.69) is 12.1 Å². The lowest BCUT2D eigenvalue weighted by atomic mass is 10.1. The fraction of sp³-hybridized carbons (Fsp3) is 0.333. The van der Waals surface area contributed by atoms with E-state index in [9.17, 15) is 0 Å². The number of hydrogen-bond acceptors (Lipinski definition) is 2. The highest BCUT2D eigenvalue weighted by Crippen LogP contribution is 2.29. The maximum atomic E-state index is 5.50. The summed E-state index contributed by atoms with van der Waals surface area (Å²) in [5.41, 5.74) is 7.93. The Balaban J connectivity index is 2.26. The second-order valence-corrected chi connectivity index (χ2v) is 2.77. The molecule has 1 aliphatic heterocycles. The summed E-state index contributed by atoms with van der Waals surface area (Å²) in [6.45, 7) is 1.48. The molecule has 1 aromatic rings. The Morgan fingerprint density at radius 1 is 1.55 bits per heavy atom. The third-order valence-electron chi connectivity index (χ3n) is 1.89. The molecule has 0 spiro atoms. The average molecular weight is 149 g/mol. The van der Waals surface area contributed by atoms with Gasteiger partial charge in [0, 0.05) is 6.54 Å². The Labute approximate surface area is 66.0 Å². The monoisotopic (exact) mass is 149 g/mol. The van der Waals surface area contributed by atoms with Gasteiger partial charge in [0.2, 0.25) is 0 Å². The van der Waals surface area contributed by atoms with Crippen LogP contribution in [0.15, 0.2) is 24.3 Å². The highest BCUT2D eigenvalue weighted by atomic mass is 16.6. The third kappa shape index (κ3) is 1.42. The van der Waals surface area contributed by atoms with Crippen LogP contribution in [0.1, 0.15) is 17.2 Å². The second-order valence-electron chi connectivity index (χ2n) is 2.77. The van der Waals surface area contributed by atoms with E-state index >= 15 is 0 Å². The van der Waals surface area contributed by atoms with Gasteiger partial charge < -0.3 is 10.5 Å². The van der Waals surface area contributed by atoms with Crippen molar-refractivity contribution in [2.45, 2.75) is 12.6 Å². The summed E-state index contributed by atoms with van der Waals surface area (Å²) in [6.07, 6.45) is 0.349. The van der Waals surface area contributed by atoms with Crippen molar-refractivity contribution in [1.29, 1.82) is 0 Å². The van der Waals surface area contributed by atoms with Gasteiger partial charge in [-0.15, -0.1) is 0 Å². The van der Waals surface area contributed by atoms with Gasteiger partial charge in [0.05, 0.1) is 6.61 Å². The van der Waals surface area contributed by atoms with Crippen LogP contribution in [0.3, 0.4) is 0 Å². The van der Waals surface area contributed by atoms with Gasteiger partial charge in [-0.3, -0.25) is 0 Å². The van der Waals surface area contributed by atoms with Crippen LogP contribution < -0.4 is 5.73 Å². The topological polar surface area (TPSA) is 38.5 Å². The van der Waals surface area contributed by atoms with Crippen molar-refractivity contribution in [2.24, 2.45) is 5.73 Å². The van der Waals surface area contributed by atoms with Crippen molar-refractivity contribution in [3.05, 3.63) is 35.4 Å². The van der Waals surface area contributed by atoms with Crippen LogP contribution in [-0.4, -0.2) is 6.61 Å². The zero-order chi connectivity index (χ0) is 7.68. The Bertz CT molecular complexity index is 255. The molecule has 1 aromatic carbocycles. The number of ether oxygens (including phenoxy) is 1. The smallest absolute Gasteiger partial charge is 0.106 e. The maximum absolute atomic E-state index is 5.50. The number of epoxide rings is 1. The first kappa shape index (κ1) is 6.83. The number of rotatable bonds is 2. The first-order valence-electron chi connectivity index (χ1n) is 3.80. The van der Waals surface area contributed by atoms with Crippen molar-refractivity contribution in [3.63, 3.8) is 0 Å². The van der Waals surface area contributed by atoms with Crippen molar-refractivity contribution >= 4 is 0 Å². The van der Waals surface area contributed by atoms with Crippen LogP contribution in [0, 0.1) is 0 Å². The summed E-state index contributed by atoms with van der Waals surface area (Å²) < 4.78 is 5.15. The van der Waals surface area contributed by atoms with Gasteiger partial charge >= 0.3 is 0 Å². The van der Waals surface area contributed by atoms with Gasteiger partial charge in [0.15, 0.2) is 0 Å². The van der Waals surface area contributed by atoms with Crippen molar-refractivity contribution in [1.82, 2.24) is 0 Å². The van der Waals surface area contributed by atoms with Crippen LogP contribution in [0.25, 0.3) is 0 Å². The molecule has 0 amide bonds. The molecule has 0 radical (unpaired) electrons. The Hall–Kier alpha value is -0.860. The quantitative estimate of drug-likeness (QED) is 0.642. The maximum Gasteiger partial charge on any atom is 0.106 e. The summed E-state index contributed by atoms with van der Waals surface area (Å²) in [5.74, 6) is 0. The van der Waals surface area contributed by atoms with Gasteiger partial charge in [-0.25, -0.2) is 0 Å². The minimum Gasteiger partial charge on any atom is -0.368 e. The summed E-state index contributed by atoms with van der Waals surface area (Å²) in [5, 5.41) is 0. The van der Waals surface area contributed by atoms with Crippen LogP contribution in [0.5, 0.6) is 0 Å². The summed E-state index contributed by atoms with van der Waals surface area (Å²) in [7, 11) is 0. The predicted octanol–water partition coefficient (Wildman–Crippen LogP) is 1.22. The number of hydrogen-bond donors (Lipinski definition) is 1. The molecule has 2 nitrogen and oxygen atoms in total. The molecule has 2 rings (SSSR count). The second kappa shape index (κ2) is 2.64. The van der Waals surface area contributed by atoms with E-state index in [-0.39, 0.29) is 0 Å². The normalized spacial score (nSPS) is 21.7. The van der Waals surface area contributed by atoms with Gasteiger partial charge in [-0.2, -0.15) is 0 Å². The van der Waals surface area contributed by atoms with Gasteiger partial charge in [-0.05, 0) is 11.1 Å². The van der Waals surface area contributed by atoms with Gasteiger partial charge in [0.25, 0.3) is 0 Å². The van der Waals surface area contributed by atoms with E-state index in [1.54, 1.807) is 0 Å². The van der Waals surface area contributed by atoms with Gasteiger partial charge in [-0.1, -0.05) is 24.3 Å². The lowest BCUT2D eigenvalue weighted by Gasteiger charge is -1.98. The summed E-state index contributed by atoms with van der Waals surface area (Å²) in [4.78, 5) is 0. The van der Waals surface area contributed by atoms with E-state index in [1.807, 2.05) is 12.1 Å². The number of benzene rings is 1. The first-order chi connectivity index (χ1) is 5.40. The first-order valence-corrected chi connectivity index (χ1v) is 3.80. The molecule has 1 heterocycles. The molecule has 11 heavy (non-hydrogen) atoms. The van der Waals surface area contributed by atoms with Crippen LogP contribution in [0.2, 0.25) is 0 Å². The van der Waals surface area contributed by atoms with Crippen LogP contribution in [-0.2, 0) is 11.3 Å². The zero-order valence-electron chi connectivity index (χ0n) is 6.29. The largest absolute Gasteiger partial charge is 0.368 e. The minimum absolute atomic E-state index is 0.349. The minimum atomic E-state index is 0.349. The standard InChI is InChI=1S/C9H11NO/c10-5-7-2-1-3-8(4-7)9-6-11-9/h1-4,9H,5-6,10H2. The molecule has 1 unspecified atom stereocenters. The summed E-state index contributed by atoms with van der Waals surface area (Å²) >= 11 is 0. The molecule has 2 N–H and O–H groups in total. The molecule has 58 valence electrons. The van der Waals surface area contributed by atoms with Crippen LogP contribution in [0.4, 0.5) is 0 Å². The van der Waals surface area contributed by atoms with Gasteiger partial charge in [0.1, 0.15) is 6.10 Å². The average Bonchev–Trinajstić information content (AvgIpc) is 2.87. The molecule has 2 heteroatoms. The molecule has 0 aliphatic carbocycles. The fourth-order valence-corrected chi connectivity index (χ4v) is 1.16. The van der Waals surface area contributed by atoms with Crippen molar-refractivity contribution < 1.29 is 4.74 Å². The Kier molecular flexibility index (Phi) is 1.64. The third-order valence-corrected chi connectivity index (χ3v) is 1.89. The molecule has 1 saturated heterocycles. The fourth-order valence-electron chi connectivity index (χ4n) is 1.16. The van der Waals surface area contributed by atoms with Crippen LogP contribution >= 0.6 is 0 Å². The molecular weight excluding hydrogens is 138 g/mol. The molecule has 1 atom stereocenters. The molecule has 1 fully saturated rings. The highest BCUT2D eigenvalue weighted by Gasteiger charge is 2.24. The van der Waals surface area contributed by atoms with E-state index in [0.29, 0.717) is 12.6 Å². The zero-order valence-corrected chi connectivity index (χ0v) is 6.29. The predicted molar refractivity (Wildman–Crippen MR) is 43.0 cm³/mol. The summed E-state index contributed by atoms with van der Waals surface area (Å²) in [6, 6.07) is 8.25. The Morgan fingerprint density at radius 3 is 3.00 bits per heavy atom. The van der Waals surface area contributed by atoms with E-state index in [4.69, 9.17) is 10.5 Å². The van der Waals surface area contributed by atoms with Crippen molar-refractivity contribution in [3.8, 4) is 0 Å². The molecule has 1 aliphatic rings. The van der Waals surface area contributed by atoms with E-state index in [0.717, 1.165) is 6.61 Å². The SMILES string of the molecule is NCc1cccc(C2CO2)c1. The lowest BCUT2D eigenvalue weighted by molar-refractivity contribution is 0.415. The highest BCUT2D eigenvalue weighted by molar-refractivity contribution is 5.26. The number of nitrogens with two attached hydrogens (primary N) is 1. The Morgan fingerprint density at radius 2 is 2.36 bits per heavy atom. The lowest BCUT2D eigenvalue weighted by Crippen LogP contribution is -1.96. The molecule has 0 aromatic heterocycles. The van der Waals surface area contributed by atoms with E-state index < -0.39 is 0 Å². The van der Waals surface area contributed by atoms with E-state index in [1.165, 1.54) is 11.1 Å². The molecule has 0 bridgehead atoms. The van der Waals surface area contributed by atoms with Crippen molar-refractivity contribution in [2.75, 3.05) is 6.61 Å². The molecule has 0 saturated carbocycles. The molecular formula is C9H11NO.